The van der Waals surface area contributed by atoms with E-state index in [9.17, 15) is 9.18 Å². The highest BCUT2D eigenvalue weighted by molar-refractivity contribution is 5.95. The van der Waals surface area contributed by atoms with Gasteiger partial charge in [0.05, 0.1) is 16.8 Å². The maximum absolute atomic E-state index is 13.5. The maximum Gasteiger partial charge on any atom is 0.254 e. The number of hydrogen-bond donors (Lipinski definition) is 0. The monoisotopic (exact) mass is 502 g/mol. The van der Waals surface area contributed by atoms with Crippen molar-refractivity contribution < 1.29 is 18.7 Å². The predicted octanol–water partition coefficient (Wildman–Crippen LogP) is 3.91. The summed E-state index contributed by atoms with van der Waals surface area (Å²) >= 11 is 0. The van der Waals surface area contributed by atoms with Crippen molar-refractivity contribution in [2.45, 2.75) is 26.7 Å². The first-order valence-corrected chi connectivity index (χ1v) is 12.5. The van der Waals surface area contributed by atoms with Gasteiger partial charge in [0.1, 0.15) is 17.5 Å². The van der Waals surface area contributed by atoms with Crippen LogP contribution in [-0.2, 0) is 6.42 Å². The van der Waals surface area contributed by atoms with Gasteiger partial charge in [-0.3, -0.25) is 4.79 Å². The number of nitrogens with zero attached hydrogens (tertiary/aromatic N) is 6. The molecule has 0 bridgehead atoms. The molecule has 0 aliphatic carbocycles. The number of aromatic nitrogens is 4. The number of benzene rings is 2. The van der Waals surface area contributed by atoms with Crippen LogP contribution in [0, 0.1) is 12.7 Å². The lowest BCUT2D eigenvalue weighted by molar-refractivity contribution is 0.0746. The Kier molecular flexibility index (Phi) is 5.86. The topological polar surface area (TPSA) is 85.6 Å². The number of fused-ring (bicyclic) bond motifs is 2. The number of ether oxygens (including phenoxy) is 2. The van der Waals surface area contributed by atoms with E-state index in [1.54, 1.807) is 35.0 Å². The minimum Gasteiger partial charge on any atom is -0.454 e. The van der Waals surface area contributed by atoms with Gasteiger partial charge in [-0.15, -0.1) is 0 Å². The van der Waals surface area contributed by atoms with E-state index >= 15 is 0 Å². The highest BCUT2D eigenvalue weighted by Gasteiger charge is 2.27. The largest absolute Gasteiger partial charge is 0.454 e. The highest BCUT2D eigenvalue weighted by atomic mass is 19.1. The molecule has 37 heavy (non-hydrogen) atoms. The Morgan fingerprint density at radius 3 is 2.51 bits per heavy atom. The molecule has 190 valence electrons. The first-order chi connectivity index (χ1) is 18.0. The van der Waals surface area contributed by atoms with Gasteiger partial charge in [0.2, 0.25) is 6.79 Å². The van der Waals surface area contributed by atoms with Gasteiger partial charge in [-0.2, -0.15) is 5.10 Å². The van der Waals surface area contributed by atoms with Gasteiger partial charge in [0, 0.05) is 38.2 Å². The third-order valence-corrected chi connectivity index (χ3v) is 6.76. The molecule has 1 fully saturated rings. The summed E-state index contributed by atoms with van der Waals surface area (Å²) in [7, 11) is 0. The number of rotatable bonds is 5. The van der Waals surface area contributed by atoms with Crippen molar-refractivity contribution in [1.82, 2.24) is 24.6 Å². The Hall–Kier alpha value is -4.21. The average molecular weight is 503 g/mol. The Bertz CT molecular complexity index is 1480. The molecule has 0 radical (unpaired) electrons. The van der Waals surface area contributed by atoms with Gasteiger partial charge in [0.15, 0.2) is 17.1 Å². The van der Waals surface area contributed by atoms with Crippen molar-refractivity contribution in [3.05, 3.63) is 65.4 Å². The number of halogens is 1. The molecule has 1 amide bonds. The molecular weight excluding hydrogens is 475 g/mol. The van der Waals surface area contributed by atoms with E-state index in [4.69, 9.17) is 24.5 Å². The van der Waals surface area contributed by atoms with E-state index in [-0.39, 0.29) is 18.5 Å². The quantitative estimate of drug-likeness (QED) is 0.409. The molecule has 2 aromatic carbocycles. The second-order valence-corrected chi connectivity index (χ2v) is 9.23. The number of hydrogen-bond acceptors (Lipinski definition) is 7. The number of carbonyl (C=O) groups excluding carboxylic acids is 1. The van der Waals surface area contributed by atoms with E-state index in [1.165, 1.54) is 12.1 Å². The Balaban J connectivity index is 1.29. The summed E-state index contributed by atoms with van der Waals surface area (Å²) in [6.07, 6.45) is 1.64. The molecule has 2 aliphatic heterocycles. The number of carbonyl (C=O) groups is 1. The van der Waals surface area contributed by atoms with Crippen molar-refractivity contribution in [2.75, 3.05) is 37.9 Å². The van der Waals surface area contributed by atoms with E-state index < -0.39 is 0 Å². The van der Waals surface area contributed by atoms with Gasteiger partial charge >= 0.3 is 0 Å². The third-order valence-electron chi connectivity index (χ3n) is 6.76. The minimum atomic E-state index is -0.299. The summed E-state index contributed by atoms with van der Waals surface area (Å²) in [5, 5.41) is 5.61. The zero-order valence-corrected chi connectivity index (χ0v) is 20.8. The van der Waals surface area contributed by atoms with Crippen LogP contribution < -0.4 is 14.4 Å². The highest BCUT2D eigenvalue weighted by Crippen LogP contribution is 2.33. The fourth-order valence-corrected chi connectivity index (χ4v) is 4.87. The SMILES string of the molecule is CCCc1nc(N2CCN(C(=O)c3ccc4c(c3)OCO4)CC2)c2c(C)nn(-c3ccc(F)cc3)c2n1. The van der Waals surface area contributed by atoms with Crippen LogP contribution in [0.4, 0.5) is 10.2 Å². The number of piperazine rings is 1. The molecular formula is C27H27FN6O3. The lowest BCUT2D eigenvalue weighted by Gasteiger charge is -2.35. The molecule has 2 aliphatic rings. The van der Waals surface area contributed by atoms with Gasteiger partial charge in [0.25, 0.3) is 5.91 Å². The van der Waals surface area contributed by atoms with Gasteiger partial charge in [-0.05, 0) is 55.8 Å². The summed E-state index contributed by atoms with van der Waals surface area (Å²) in [6.45, 7) is 6.60. The zero-order chi connectivity index (χ0) is 25.5. The second kappa shape index (κ2) is 9.34. The zero-order valence-electron chi connectivity index (χ0n) is 20.8. The first kappa shape index (κ1) is 23.2. The normalized spacial score (nSPS) is 15.0. The van der Waals surface area contributed by atoms with E-state index in [1.807, 2.05) is 11.8 Å². The summed E-state index contributed by atoms with van der Waals surface area (Å²) in [6, 6.07) is 11.5. The molecule has 0 N–H and O–H groups in total. The third kappa shape index (κ3) is 4.22. The van der Waals surface area contributed by atoms with Gasteiger partial charge in [-0.1, -0.05) is 6.92 Å². The van der Waals surface area contributed by atoms with Crippen LogP contribution in [0.1, 0.15) is 35.2 Å². The molecule has 0 atom stereocenters. The van der Waals surface area contributed by atoms with E-state index in [0.717, 1.165) is 41.3 Å². The standard InChI is InChI=1S/C27H27FN6O3/c1-3-4-23-29-25(24-17(2)31-34(26(24)30-23)20-8-6-19(28)7-9-20)32-11-13-33(14-12-32)27(35)18-5-10-21-22(15-18)37-16-36-21/h5-10,15H,3-4,11-14,16H2,1-2H3. The van der Waals surface area contributed by atoms with Gasteiger partial charge < -0.3 is 19.3 Å². The van der Waals surface area contributed by atoms with Crippen molar-refractivity contribution in [3.8, 4) is 17.2 Å². The first-order valence-electron chi connectivity index (χ1n) is 12.5. The predicted molar refractivity (Wildman–Crippen MR) is 136 cm³/mol. The molecule has 6 rings (SSSR count). The molecule has 2 aromatic heterocycles. The summed E-state index contributed by atoms with van der Waals surface area (Å²) in [5.74, 6) is 2.50. The van der Waals surface area contributed by atoms with Crippen molar-refractivity contribution in [1.29, 1.82) is 0 Å². The van der Waals surface area contributed by atoms with Crippen LogP contribution in [0.2, 0.25) is 0 Å². The lowest BCUT2D eigenvalue weighted by Crippen LogP contribution is -2.49. The smallest absolute Gasteiger partial charge is 0.254 e. The Morgan fingerprint density at radius 1 is 1.00 bits per heavy atom. The van der Waals surface area contributed by atoms with Crippen LogP contribution in [0.15, 0.2) is 42.5 Å². The second-order valence-electron chi connectivity index (χ2n) is 9.23. The van der Waals surface area contributed by atoms with Crippen molar-refractivity contribution in [3.63, 3.8) is 0 Å². The molecule has 1 saturated heterocycles. The Morgan fingerprint density at radius 2 is 1.76 bits per heavy atom. The van der Waals surface area contributed by atoms with Crippen LogP contribution in [0.25, 0.3) is 16.7 Å². The molecule has 9 nitrogen and oxygen atoms in total. The van der Waals surface area contributed by atoms with Crippen molar-refractivity contribution in [2.24, 2.45) is 0 Å². The fraction of sp³-hybridized carbons (Fsp3) is 0.333. The molecule has 0 unspecified atom stereocenters. The van der Waals surface area contributed by atoms with Crippen LogP contribution >= 0.6 is 0 Å². The van der Waals surface area contributed by atoms with Crippen LogP contribution in [0.5, 0.6) is 11.5 Å². The number of aryl methyl sites for hydroxylation is 2. The average Bonchev–Trinajstić information content (AvgIpc) is 3.52. The minimum absolute atomic E-state index is 0.0298. The summed E-state index contributed by atoms with van der Waals surface area (Å²) < 4.78 is 26.1. The lowest BCUT2D eigenvalue weighted by atomic mass is 10.1. The summed E-state index contributed by atoms with van der Waals surface area (Å²) in [4.78, 5) is 27.0. The van der Waals surface area contributed by atoms with E-state index in [2.05, 4.69) is 11.8 Å². The fourth-order valence-electron chi connectivity index (χ4n) is 4.87. The summed E-state index contributed by atoms with van der Waals surface area (Å²) in [5.41, 5.74) is 2.84. The molecule has 4 heterocycles. The van der Waals surface area contributed by atoms with Gasteiger partial charge in [-0.25, -0.2) is 19.0 Å². The molecule has 0 spiro atoms. The molecule has 4 aromatic rings. The molecule has 10 heteroatoms. The Labute approximate surface area is 213 Å². The van der Waals surface area contributed by atoms with Crippen molar-refractivity contribution >= 4 is 22.8 Å². The number of anilines is 1. The van der Waals surface area contributed by atoms with Crippen LogP contribution in [-0.4, -0.2) is 63.5 Å². The maximum atomic E-state index is 13.5. The van der Waals surface area contributed by atoms with Crippen LogP contribution in [0.3, 0.4) is 0 Å². The number of amides is 1. The van der Waals surface area contributed by atoms with E-state index in [0.29, 0.717) is 48.9 Å². The molecule has 0 saturated carbocycles.